The van der Waals surface area contributed by atoms with Crippen LogP contribution in [0.3, 0.4) is 0 Å². The van der Waals surface area contributed by atoms with Crippen LogP contribution >= 0.6 is 0 Å². The molecule has 0 saturated carbocycles. The first kappa shape index (κ1) is 16.0. The lowest BCUT2D eigenvalue weighted by Crippen LogP contribution is -2.32. The fraction of sp³-hybridized carbons (Fsp3) is 0.400. The van der Waals surface area contributed by atoms with Crippen LogP contribution in [0.1, 0.15) is 18.4 Å². The molecule has 7 nitrogen and oxygen atoms in total. The van der Waals surface area contributed by atoms with E-state index in [1.165, 1.54) is 6.07 Å². The third kappa shape index (κ3) is 4.56. The monoisotopic (exact) mass is 305 g/mol. The molecule has 0 saturated heterocycles. The molecular formula is C15H19N3O4. The van der Waals surface area contributed by atoms with Gasteiger partial charge in [-0.2, -0.15) is 0 Å². The molecule has 2 rings (SSSR count). The van der Waals surface area contributed by atoms with E-state index in [-0.39, 0.29) is 10.6 Å². The highest BCUT2D eigenvalue weighted by Gasteiger charge is 2.14. The van der Waals surface area contributed by atoms with Crippen LogP contribution in [0.25, 0.3) is 5.57 Å². The van der Waals surface area contributed by atoms with Crippen LogP contribution in [-0.2, 0) is 0 Å². The first-order chi connectivity index (χ1) is 10.6. The number of nitro benzene ring substituents is 1. The predicted octanol–water partition coefficient (Wildman–Crippen LogP) is 2.34. The molecule has 0 aromatic heterocycles. The summed E-state index contributed by atoms with van der Waals surface area (Å²) >= 11 is 0. The van der Waals surface area contributed by atoms with Crippen molar-refractivity contribution in [3.63, 3.8) is 0 Å². The van der Waals surface area contributed by atoms with Gasteiger partial charge in [-0.05, 0) is 24.0 Å². The van der Waals surface area contributed by atoms with Crippen LogP contribution < -0.4 is 5.32 Å². The highest BCUT2D eigenvalue weighted by Crippen LogP contribution is 2.25. The van der Waals surface area contributed by atoms with Gasteiger partial charge in [0.2, 0.25) is 0 Å². The summed E-state index contributed by atoms with van der Waals surface area (Å²) in [5, 5.41) is 21.7. The first-order valence-electron chi connectivity index (χ1n) is 7.19. The minimum atomic E-state index is -0.994. The summed E-state index contributed by atoms with van der Waals surface area (Å²) in [6, 6.07) is 6.70. The molecule has 1 heterocycles. The zero-order valence-electron chi connectivity index (χ0n) is 12.2. The lowest BCUT2D eigenvalue weighted by molar-refractivity contribution is -0.384. The Morgan fingerprint density at radius 1 is 1.45 bits per heavy atom. The number of nitrogens with zero attached hydrogens (tertiary/aromatic N) is 2. The number of carboxylic acid groups (broad SMARTS) is 1. The van der Waals surface area contributed by atoms with Crippen molar-refractivity contribution in [2.45, 2.75) is 12.8 Å². The first-order valence-corrected chi connectivity index (χ1v) is 7.19. The minimum absolute atomic E-state index is 0.112. The largest absolute Gasteiger partial charge is 0.465 e. The number of nitrogens with one attached hydrogen (secondary N) is 1. The van der Waals surface area contributed by atoms with E-state index in [0.717, 1.165) is 43.6 Å². The van der Waals surface area contributed by atoms with Crippen molar-refractivity contribution >= 4 is 17.4 Å². The molecule has 1 aromatic rings. The lowest BCUT2D eigenvalue weighted by atomic mass is 9.99. The van der Waals surface area contributed by atoms with Gasteiger partial charge in [0.1, 0.15) is 0 Å². The third-order valence-electron chi connectivity index (χ3n) is 3.65. The molecule has 0 fully saturated rings. The Bertz CT molecular complexity index is 586. The average molecular weight is 305 g/mol. The second kappa shape index (κ2) is 7.56. The summed E-state index contributed by atoms with van der Waals surface area (Å²) in [5.74, 6) is 0. The summed E-state index contributed by atoms with van der Waals surface area (Å²) in [4.78, 5) is 23.0. The van der Waals surface area contributed by atoms with E-state index >= 15 is 0 Å². The fourth-order valence-electron chi connectivity index (χ4n) is 2.49. The van der Waals surface area contributed by atoms with E-state index in [1.807, 2.05) is 6.07 Å². The van der Waals surface area contributed by atoms with Gasteiger partial charge >= 0.3 is 6.09 Å². The number of hydrogen-bond acceptors (Lipinski definition) is 4. The quantitative estimate of drug-likeness (QED) is 0.478. The molecular weight excluding hydrogens is 286 g/mol. The molecule has 1 aromatic carbocycles. The molecule has 2 N–H and O–H groups in total. The molecule has 7 heteroatoms. The standard InChI is InChI=1S/C15H19N3O4/c19-15(20)16-7-2-8-17-9-5-12(6-10-17)13-3-1-4-14(11-13)18(21)22/h1,3-5,11,16H,2,6-10H2,(H,19,20). The van der Waals surface area contributed by atoms with E-state index in [4.69, 9.17) is 5.11 Å². The second-order valence-corrected chi connectivity index (χ2v) is 5.17. The summed E-state index contributed by atoms with van der Waals surface area (Å²) in [6.07, 6.45) is 2.71. The normalized spacial score (nSPS) is 15.2. The summed E-state index contributed by atoms with van der Waals surface area (Å²) in [6.45, 7) is 2.94. The molecule has 0 aliphatic carbocycles. The van der Waals surface area contributed by atoms with Gasteiger partial charge in [-0.1, -0.05) is 18.2 Å². The minimum Gasteiger partial charge on any atom is -0.465 e. The Hall–Kier alpha value is -2.41. The molecule has 1 aliphatic rings. The van der Waals surface area contributed by atoms with Gasteiger partial charge < -0.3 is 10.4 Å². The number of rotatable bonds is 6. The van der Waals surface area contributed by atoms with Crippen LogP contribution in [0, 0.1) is 10.1 Å². The summed E-state index contributed by atoms with van der Waals surface area (Å²) in [5.41, 5.74) is 2.14. The zero-order valence-corrected chi connectivity index (χ0v) is 12.2. The third-order valence-corrected chi connectivity index (χ3v) is 3.65. The predicted molar refractivity (Wildman–Crippen MR) is 82.8 cm³/mol. The smallest absolute Gasteiger partial charge is 0.404 e. The number of amides is 1. The van der Waals surface area contributed by atoms with Crippen molar-refractivity contribution in [1.29, 1.82) is 0 Å². The van der Waals surface area contributed by atoms with E-state index < -0.39 is 6.09 Å². The van der Waals surface area contributed by atoms with Crippen molar-refractivity contribution in [2.75, 3.05) is 26.2 Å². The SMILES string of the molecule is O=C(O)NCCCN1CC=C(c2cccc([N+](=O)[O-])c2)CC1. The number of benzene rings is 1. The number of nitro groups is 1. The van der Waals surface area contributed by atoms with E-state index in [0.29, 0.717) is 6.54 Å². The van der Waals surface area contributed by atoms with Gasteiger partial charge in [0.25, 0.3) is 5.69 Å². The molecule has 118 valence electrons. The van der Waals surface area contributed by atoms with E-state index in [2.05, 4.69) is 16.3 Å². The molecule has 0 unspecified atom stereocenters. The maximum atomic E-state index is 10.8. The average Bonchev–Trinajstić information content (AvgIpc) is 2.52. The van der Waals surface area contributed by atoms with Gasteiger partial charge in [-0.25, -0.2) is 4.79 Å². The van der Waals surface area contributed by atoms with Crippen LogP contribution in [0.15, 0.2) is 30.3 Å². The Balaban J connectivity index is 1.87. The Morgan fingerprint density at radius 3 is 2.91 bits per heavy atom. The summed E-state index contributed by atoms with van der Waals surface area (Å²) < 4.78 is 0. The Kier molecular flexibility index (Phi) is 5.48. The molecule has 1 amide bonds. The van der Waals surface area contributed by atoms with Crippen LogP contribution in [0.5, 0.6) is 0 Å². The maximum Gasteiger partial charge on any atom is 0.404 e. The Labute approximate surface area is 128 Å². The van der Waals surface area contributed by atoms with Crippen molar-refractivity contribution in [1.82, 2.24) is 10.2 Å². The van der Waals surface area contributed by atoms with E-state index in [1.54, 1.807) is 12.1 Å². The number of hydrogen-bond donors (Lipinski definition) is 2. The molecule has 0 radical (unpaired) electrons. The number of non-ortho nitro benzene ring substituents is 1. The van der Waals surface area contributed by atoms with Crippen LogP contribution in [0.2, 0.25) is 0 Å². The van der Waals surface area contributed by atoms with Gasteiger partial charge in [-0.15, -0.1) is 0 Å². The topological polar surface area (TPSA) is 95.7 Å². The number of carbonyl (C=O) groups is 1. The Morgan fingerprint density at radius 2 is 2.27 bits per heavy atom. The van der Waals surface area contributed by atoms with Crippen LogP contribution in [0.4, 0.5) is 10.5 Å². The summed E-state index contributed by atoms with van der Waals surface area (Å²) in [7, 11) is 0. The molecule has 0 atom stereocenters. The second-order valence-electron chi connectivity index (χ2n) is 5.17. The maximum absolute atomic E-state index is 10.8. The molecule has 22 heavy (non-hydrogen) atoms. The van der Waals surface area contributed by atoms with Crippen molar-refractivity contribution in [2.24, 2.45) is 0 Å². The van der Waals surface area contributed by atoms with Gasteiger partial charge in [-0.3, -0.25) is 15.0 Å². The highest BCUT2D eigenvalue weighted by atomic mass is 16.6. The highest BCUT2D eigenvalue weighted by molar-refractivity contribution is 5.68. The van der Waals surface area contributed by atoms with E-state index in [9.17, 15) is 14.9 Å². The fourth-order valence-corrected chi connectivity index (χ4v) is 2.49. The molecule has 0 bridgehead atoms. The zero-order chi connectivity index (χ0) is 15.9. The van der Waals surface area contributed by atoms with Crippen molar-refractivity contribution < 1.29 is 14.8 Å². The van der Waals surface area contributed by atoms with Crippen LogP contribution in [-0.4, -0.2) is 47.2 Å². The van der Waals surface area contributed by atoms with Gasteiger partial charge in [0.15, 0.2) is 0 Å². The van der Waals surface area contributed by atoms with Crippen molar-refractivity contribution in [3.8, 4) is 0 Å². The van der Waals surface area contributed by atoms with Crippen molar-refractivity contribution in [3.05, 3.63) is 46.0 Å². The molecule has 1 aliphatic heterocycles. The van der Waals surface area contributed by atoms with Gasteiger partial charge in [0, 0.05) is 38.3 Å². The lowest BCUT2D eigenvalue weighted by Gasteiger charge is -2.26. The molecule has 0 spiro atoms. The van der Waals surface area contributed by atoms with Gasteiger partial charge in [0.05, 0.1) is 4.92 Å².